The van der Waals surface area contributed by atoms with Crippen LogP contribution in [-0.4, -0.2) is 42.5 Å². The molecule has 0 bridgehead atoms. The van der Waals surface area contributed by atoms with Gasteiger partial charge in [0.15, 0.2) is 9.84 Å². The Morgan fingerprint density at radius 2 is 2.00 bits per heavy atom. The van der Waals surface area contributed by atoms with Crippen molar-refractivity contribution >= 4 is 48.9 Å². The lowest BCUT2D eigenvalue weighted by Gasteiger charge is -2.17. The predicted molar refractivity (Wildman–Crippen MR) is 112 cm³/mol. The number of benzene rings is 2. The summed E-state index contributed by atoms with van der Waals surface area (Å²) in [5.41, 5.74) is 1.46. The Bertz CT molecular complexity index is 1140. The average Bonchev–Trinajstić information content (AvgIpc) is 3.34. The quantitative estimate of drug-likeness (QED) is 0.617. The molecule has 2 heterocycles. The van der Waals surface area contributed by atoms with Crippen LogP contribution in [0.3, 0.4) is 0 Å². The molecule has 1 unspecified atom stereocenters. The first-order chi connectivity index (χ1) is 13.4. The number of carbonyl (C=O) groups is 1. The van der Waals surface area contributed by atoms with E-state index < -0.39 is 15.1 Å². The van der Waals surface area contributed by atoms with Gasteiger partial charge < -0.3 is 4.90 Å². The van der Waals surface area contributed by atoms with Gasteiger partial charge in [-0.1, -0.05) is 18.5 Å². The van der Waals surface area contributed by atoms with E-state index in [0.717, 1.165) is 21.6 Å². The molecule has 2 aromatic carbocycles. The zero-order chi connectivity index (χ0) is 19.9. The molecular formula is C20H19ClN2O3S2. The van der Waals surface area contributed by atoms with Crippen LogP contribution in [0.2, 0.25) is 5.02 Å². The molecule has 1 fully saturated rings. The van der Waals surface area contributed by atoms with E-state index in [1.807, 2.05) is 12.1 Å². The Morgan fingerprint density at radius 1 is 1.25 bits per heavy atom. The highest BCUT2D eigenvalue weighted by molar-refractivity contribution is 7.92. The largest absolute Gasteiger partial charge is 0.337 e. The van der Waals surface area contributed by atoms with Gasteiger partial charge in [0.05, 0.1) is 25.4 Å². The third-order valence-corrected chi connectivity index (χ3v) is 8.60. The fourth-order valence-corrected chi connectivity index (χ4v) is 6.19. The number of halogens is 1. The highest BCUT2D eigenvalue weighted by Gasteiger charge is 2.36. The molecule has 8 heteroatoms. The first kappa shape index (κ1) is 19.4. The van der Waals surface area contributed by atoms with E-state index >= 15 is 0 Å². The monoisotopic (exact) mass is 434 g/mol. The number of thiazole rings is 1. The van der Waals surface area contributed by atoms with E-state index in [2.05, 4.69) is 11.9 Å². The van der Waals surface area contributed by atoms with Crippen molar-refractivity contribution in [2.75, 3.05) is 13.1 Å². The maximum Gasteiger partial charge on any atom is 0.253 e. The van der Waals surface area contributed by atoms with Gasteiger partial charge in [0.2, 0.25) is 0 Å². The second-order valence-corrected chi connectivity index (χ2v) is 10.6. The molecule has 1 aromatic heterocycles. The van der Waals surface area contributed by atoms with Crippen molar-refractivity contribution in [3.8, 4) is 0 Å². The van der Waals surface area contributed by atoms with Gasteiger partial charge in [-0.2, -0.15) is 0 Å². The standard InChI is InChI=1S/C20H19ClN2O3S2/c1-2-19-22-17-8-3-13(11-18(17)27-19)20(24)23-10-9-16(12-23)28(25,26)15-6-4-14(21)5-7-15/h3-8,11,16H,2,9-10,12H2,1H3. The number of fused-ring (bicyclic) bond motifs is 1. The number of nitrogens with zero attached hydrogens (tertiary/aromatic N) is 2. The maximum atomic E-state index is 12.9. The Morgan fingerprint density at radius 3 is 2.71 bits per heavy atom. The first-order valence-corrected chi connectivity index (χ1v) is 11.8. The summed E-state index contributed by atoms with van der Waals surface area (Å²) < 4.78 is 26.7. The van der Waals surface area contributed by atoms with Crippen LogP contribution in [0, 0.1) is 0 Å². The van der Waals surface area contributed by atoms with E-state index in [0.29, 0.717) is 23.6 Å². The molecule has 3 aromatic rings. The number of amides is 1. The zero-order valence-corrected chi connectivity index (χ0v) is 17.6. The Labute approximate surface area is 172 Å². The summed E-state index contributed by atoms with van der Waals surface area (Å²) in [5.74, 6) is -0.137. The van der Waals surface area contributed by atoms with Gasteiger partial charge in [0.25, 0.3) is 5.91 Å². The smallest absolute Gasteiger partial charge is 0.253 e. The van der Waals surface area contributed by atoms with Crippen LogP contribution in [0.4, 0.5) is 0 Å². The molecule has 0 radical (unpaired) electrons. The van der Waals surface area contributed by atoms with Crippen LogP contribution >= 0.6 is 22.9 Å². The van der Waals surface area contributed by atoms with E-state index in [1.54, 1.807) is 34.4 Å². The molecule has 28 heavy (non-hydrogen) atoms. The van der Waals surface area contributed by atoms with Gasteiger partial charge in [-0.15, -0.1) is 11.3 Å². The summed E-state index contributed by atoms with van der Waals surface area (Å²) >= 11 is 7.44. The number of hydrogen-bond donors (Lipinski definition) is 0. The minimum Gasteiger partial charge on any atom is -0.337 e. The Kier molecular flexibility index (Phi) is 5.16. The van der Waals surface area contributed by atoms with Crippen LogP contribution in [0.15, 0.2) is 47.4 Å². The molecule has 0 spiro atoms. The number of aromatic nitrogens is 1. The molecule has 1 aliphatic rings. The predicted octanol–water partition coefficient (Wildman–Crippen LogP) is 4.20. The van der Waals surface area contributed by atoms with Gasteiger partial charge in [-0.25, -0.2) is 13.4 Å². The summed E-state index contributed by atoms with van der Waals surface area (Å²) in [7, 11) is -3.50. The van der Waals surface area contributed by atoms with Crippen LogP contribution in [0.5, 0.6) is 0 Å². The molecule has 1 amide bonds. The van der Waals surface area contributed by atoms with E-state index in [-0.39, 0.29) is 17.3 Å². The van der Waals surface area contributed by atoms with Gasteiger partial charge in [0, 0.05) is 23.7 Å². The summed E-state index contributed by atoms with van der Waals surface area (Å²) in [6.45, 7) is 2.68. The zero-order valence-electron chi connectivity index (χ0n) is 15.3. The number of rotatable bonds is 4. The van der Waals surface area contributed by atoms with Crippen molar-refractivity contribution in [3.63, 3.8) is 0 Å². The van der Waals surface area contributed by atoms with Crippen LogP contribution < -0.4 is 0 Å². The molecule has 5 nitrogen and oxygen atoms in total. The van der Waals surface area contributed by atoms with E-state index in [1.165, 1.54) is 12.1 Å². The normalized spacial score (nSPS) is 17.4. The van der Waals surface area contributed by atoms with Crippen molar-refractivity contribution in [3.05, 3.63) is 58.1 Å². The summed E-state index contributed by atoms with van der Waals surface area (Å²) in [5, 5.41) is 0.929. The summed E-state index contributed by atoms with van der Waals surface area (Å²) in [6, 6.07) is 11.7. The molecule has 0 N–H and O–H groups in total. The molecule has 0 saturated carbocycles. The van der Waals surface area contributed by atoms with Crippen molar-refractivity contribution in [2.24, 2.45) is 0 Å². The number of likely N-dealkylation sites (tertiary alicyclic amines) is 1. The lowest BCUT2D eigenvalue weighted by Crippen LogP contribution is -2.31. The van der Waals surface area contributed by atoms with Gasteiger partial charge in [0.1, 0.15) is 0 Å². The van der Waals surface area contributed by atoms with Crippen molar-refractivity contribution in [1.82, 2.24) is 9.88 Å². The summed E-state index contributed by atoms with van der Waals surface area (Å²) in [4.78, 5) is 19.3. The Hall–Kier alpha value is -1.96. The second-order valence-electron chi connectivity index (χ2n) is 6.80. The number of carbonyl (C=O) groups excluding carboxylic acids is 1. The highest BCUT2D eigenvalue weighted by Crippen LogP contribution is 2.28. The second kappa shape index (κ2) is 7.46. The molecular weight excluding hydrogens is 416 g/mol. The fraction of sp³-hybridized carbons (Fsp3) is 0.300. The molecule has 1 atom stereocenters. The summed E-state index contributed by atoms with van der Waals surface area (Å²) in [6.07, 6.45) is 1.29. The number of sulfone groups is 1. The minimum atomic E-state index is -3.50. The van der Waals surface area contributed by atoms with Crippen LogP contribution in [-0.2, 0) is 16.3 Å². The van der Waals surface area contributed by atoms with E-state index in [9.17, 15) is 13.2 Å². The highest BCUT2D eigenvalue weighted by atomic mass is 35.5. The molecule has 1 saturated heterocycles. The maximum absolute atomic E-state index is 12.9. The molecule has 1 aliphatic heterocycles. The first-order valence-electron chi connectivity index (χ1n) is 9.06. The van der Waals surface area contributed by atoms with Crippen LogP contribution in [0.1, 0.15) is 28.7 Å². The van der Waals surface area contributed by atoms with Crippen molar-refractivity contribution < 1.29 is 13.2 Å². The molecule has 4 rings (SSSR count). The lowest BCUT2D eigenvalue weighted by atomic mass is 10.2. The number of hydrogen-bond acceptors (Lipinski definition) is 5. The SMILES string of the molecule is CCc1nc2ccc(C(=O)N3CCC(S(=O)(=O)c4ccc(Cl)cc4)C3)cc2s1. The van der Waals surface area contributed by atoms with Crippen molar-refractivity contribution in [2.45, 2.75) is 29.9 Å². The van der Waals surface area contributed by atoms with Crippen LogP contribution in [0.25, 0.3) is 10.2 Å². The average molecular weight is 435 g/mol. The fourth-order valence-electron chi connectivity index (χ4n) is 3.42. The lowest BCUT2D eigenvalue weighted by molar-refractivity contribution is 0.0793. The Balaban J connectivity index is 1.53. The van der Waals surface area contributed by atoms with E-state index in [4.69, 9.17) is 11.6 Å². The third kappa shape index (κ3) is 3.54. The molecule has 146 valence electrons. The topological polar surface area (TPSA) is 67.3 Å². The van der Waals surface area contributed by atoms with Gasteiger partial charge in [-0.05, 0) is 55.3 Å². The van der Waals surface area contributed by atoms with Crippen molar-refractivity contribution in [1.29, 1.82) is 0 Å². The van der Waals surface area contributed by atoms with Gasteiger partial charge >= 0.3 is 0 Å². The number of aryl methyl sites for hydroxylation is 1. The third-order valence-electron chi connectivity index (χ3n) is 5.00. The minimum absolute atomic E-state index is 0.137. The van der Waals surface area contributed by atoms with Gasteiger partial charge in [-0.3, -0.25) is 4.79 Å². The molecule has 0 aliphatic carbocycles.